The van der Waals surface area contributed by atoms with E-state index in [4.69, 9.17) is 23.2 Å². The molecule has 1 aromatic carbocycles. The zero-order valence-electron chi connectivity index (χ0n) is 10.3. The molecule has 1 amide bonds. The maximum atomic E-state index is 13.5. The fourth-order valence-electron chi connectivity index (χ4n) is 2.41. The van der Waals surface area contributed by atoms with E-state index in [2.05, 4.69) is 10.3 Å². The van der Waals surface area contributed by atoms with E-state index in [0.717, 1.165) is 11.6 Å². The molecule has 0 saturated carbocycles. The summed E-state index contributed by atoms with van der Waals surface area (Å²) in [7, 11) is 1.05. The van der Waals surface area contributed by atoms with Crippen molar-refractivity contribution in [2.24, 2.45) is 0 Å². The number of hydrogen-bond acceptors (Lipinski definition) is 3. The summed E-state index contributed by atoms with van der Waals surface area (Å²) in [6.07, 6.45) is -4.88. The van der Waals surface area contributed by atoms with Crippen LogP contribution in [0.3, 0.4) is 0 Å². The van der Waals surface area contributed by atoms with Crippen LogP contribution in [-0.4, -0.2) is 28.7 Å². The SMILES string of the molecule is CNC1(C(F)(F)F)C(=O)Nc2nc3cc(Cl)c(Cl)cc3n21. The minimum atomic E-state index is -4.88. The van der Waals surface area contributed by atoms with Gasteiger partial charge in [-0.15, -0.1) is 0 Å². The number of likely N-dealkylation sites (N-methyl/N-ethyl adjacent to an activating group) is 1. The highest BCUT2D eigenvalue weighted by Crippen LogP contribution is 2.44. The van der Waals surface area contributed by atoms with Gasteiger partial charge in [0.05, 0.1) is 21.1 Å². The smallest absolute Gasteiger partial charge is 0.292 e. The van der Waals surface area contributed by atoms with Crippen LogP contribution in [0.5, 0.6) is 0 Å². The minimum Gasteiger partial charge on any atom is -0.292 e. The van der Waals surface area contributed by atoms with Crippen LogP contribution < -0.4 is 10.6 Å². The third kappa shape index (κ3) is 1.69. The number of carbonyl (C=O) groups is 1. The van der Waals surface area contributed by atoms with E-state index in [1.54, 1.807) is 0 Å². The molecule has 3 rings (SSSR count). The molecule has 0 radical (unpaired) electrons. The molecule has 2 heterocycles. The number of halogens is 5. The molecule has 0 spiro atoms. The van der Waals surface area contributed by atoms with Crippen molar-refractivity contribution < 1.29 is 18.0 Å². The van der Waals surface area contributed by atoms with Crippen molar-refractivity contribution in [1.29, 1.82) is 0 Å². The first kappa shape index (κ1) is 14.4. The fraction of sp³-hybridized carbons (Fsp3) is 0.273. The highest BCUT2D eigenvalue weighted by atomic mass is 35.5. The van der Waals surface area contributed by atoms with Gasteiger partial charge < -0.3 is 0 Å². The van der Waals surface area contributed by atoms with Crippen LogP contribution in [-0.2, 0) is 10.5 Å². The third-order valence-corrected chi connectivity index (χ3v) is 4.08. The molecule has 0 aliphatic carbocycles. The molecule has 0 fully saturated rings. The van der Waals surface area contributed by atoms with Crippen molar-refractivity contribution >= 4 is 46.1 Å². The van der Waals surface area contributed by atoms with Crippen LogP contribution in [0.1, 0.15) is 0 Å². The second-order valence-electron chi connectivity index (χ2n) is 4.44. The zero-order chi connectivity index (χ0) is 15.6. The second-order valence-corrected chi connectivity index (χ2v) is 5.25. The van der Waals surface area contributed by atoms with Crippen LogP contribution in [0.4, 0.5) is 19.1 Å². The number of benzene rings is 1. The Bertz CT molecular complexity index is 773. The van der Waals surface area contributed by atoms with Crippen LogP contribution in [0, 0.1) is 0 Å². The summed E-state index contributed by atoms with van der Waals surface area (Å²) in [5, 5.41) is 4.39. The Morgan fingerprint density at radius 3 is 2.52 bits per heavy atom. The van der Waals surface area contributed by atoms with Gasteiger partial charge in [-0.2, -0.15) is 13.2 Å². The molecular formula is C11H7Cl2F3N4O. The molecule has 2 N–H and O–H groups in total. The molecule has 1 aromatic heterocycles. The number of aromatic nitrogens is 2. The van der Waals surface area contributed by atoms with Gasteiger partial charge in [0.15, 0.2) is 0 Å². The van der Waals surface area contributed by atoms with E-state index >= 15 is 0 Å². The monoisotopic (exact) mass is 338 g/mol. The Kier molecular flexibility index (Phi) is 2.92. The first-order valence-corrected chi connectivity index (χ1v) is 6.43. The van der Waals surface area contributed by atoms with E-state index in [1.165, 1.54) is 12.1 Å². The molecular weight excluding hydrogens is 332 g/mol. The Balaban J connectivity index is 2.40. The topological polar surface area (TPSA) is 59.0 Å². The average molecular weight is 339 g/mol. The van der Waals surface area contributed by atoms with Gasteiger partial charge in [0, 0.05) is 0 Å². The number of nitrogens with zero attached hydrogens (tertiary/aromatic N) is 2. The maximum Gasteiger partial charge on any atom is 0.435 e. The van der Waals surface area contributed by atoms with E-state index < -0.39 is 17.7 Å². The zero-order valence-corrected chi connectivity index (χ0v) is 11.9. The average Bonchev–Trinajstić information content (AvgIpc) is 2.82. The van der Waals surface area contributed by atoms with Crippen LogP contribution in [0.25, 0.3) is 11.0 Å². The number of hydrogen-bond donors (Lipinski definition) is 2. The molecule has 21 heavy (non-hydrogen) atoms. The summed E-state index contributed by atoms with van der Waals surface area (Å²) >= 11 is 11.7. The number of carbonyl (C=O) groups excluding carboxylic acids is 1. The molecule has 5 nitrogen and oxygen atoms in total. The Labute approximate surface area is 126 Å². The van der Waals surface area contributed by atoms with Crippen molar-refractivity contribution in [3.63, 3.8) is 0 Å². The molecule has 2 aromatic rings. The minimum absolute atomic E-state index is 0.0458. The van der Waals surface area contributed by atoms with E-state index in [9.17, 15) is 18.0 Å². The maximum absolute atomic E-state index is 13.5. The number of rotatable bonds is 1. The highest BCUT2D eigenvalue weighted by molar-refractivity contribution is 6.42. The molecule has 0 saturated heterocycles. The summed E-state index contributed by atoms with van der Waals surface area (Å²) in [6, 6.07) is 2.58. The predicted molar refractivity (Wildman–Crippen MR) is 71.5 cm³/mol. The largest absolute Gasteiger partial charge is 0.435 e. The van der Waals surface area contributed by atoms with Crippen molar-refractivity contribution in [3.05, 3.63) is 22.2 Å². The lowest BCUT2D eigenvalue weighted by molar-refractivity contribution is -0.215. The third-order valence-electron chi connectivity index (χ3n) is 3.36. The lowest BCUT2D eigenvalue weighted by atomic mass is 10.1. The van der Waals surface area contributed by atoms with Gasteiger partial charge in [0.25, 0.3) is 11.6 Å². The van der Waals surface area contributed by atoms with Gasteiger partial charge >= 0.3 is 6.18 Å². The number of nitrogens with one attached hydrogen (secondary N) is 2. The van der Waals surface area contributed by atoms with Crippen molar-refractivity contribution in [3.8, 4) is 0 Å². The summed E-state index contributed by atoms with van der Waals surface area (Å²) in [6.45, 7) is 0. The van der Waals surface area contributed by atoms with E-state index in [0.29, 0.717) is 0 Å². The Morgan fingerprint density at radius 2 is 1.95 bits per heavy atom. The first-order valence-electron chi connectivity index (χ1n) is 5.67. The quantitative estimate of drug-likeness (QED) is 0.840. The predicted octanol–water partition coefficient (Wildman–Crippen LogP) is 2.73. The highest BCUT2D eigenvalue weighted by Gasteiger charge is 2.65. The molecule has 112 valence electrons. The van der Waals surface area contributed by atoms with Gasteiger partial charge in [0.2, 0.25) is 5.95 Å². The Morgan fingerprint density at radius 1 is 1.33 bits per heavy atom. The summed E-state index contributed by atoms with van der Waals surface area (Å²) in [5.41, 5.74) is -2.69. The number of imidazole rings is 1. The molecule has 1 aliphatic heterocycles. The summed E-state index contributed by atoms with van der Waals surface area (Å²) in [5.74, 6) is -1.48. The van der Waals surface area contributed by atoms with Gasteiger partial charge in [-0.3, -0.25) is 20.0 Å². The molecule has 1 atom stereocenters. The first-order chi connectivity index (χ1) is 9.72. The van der Waals surface area contributed by atoms with Crippen LogP contribution in [0.2, 0.25) is 10.0 Å². The fourth-order valence-corrected chi connectivity index (χ4v) is 2.73. The number of amides is 1. The second kappa shape index (κ2) is 4.25. The molecule has 1 unspecified atom stereocenters. The lowest BCUT2D eigenvalue weighted by Crippen LogP contribution is -2.60. The number of fused-ring (bicyclic) bond motifs is 3. The van der Waals surface area contributed by atoms with Crippen LogP contribution >= 0.6 is 23.2 Å². The lowest BCUT2D eigenvalue weighted by Gasteiger charge is -2.30. The van der Waals surface area contributed by atoms with Crippen molar-refractivity contribution in [1.82, 2.24) is 14.9 Å². The standard InChI is InChI=1S/C11H7Cl2F3N4O/c1-17-10(11(14,15)16)8(21)19-9-18-6-2-4(12)5(13)3-7(6)20(9)10/h2-3,17H,1H3,(H,18,19,21). The van der Waals surface area contributed by atoms with E-state index in [-0.39, 0.29) is 27.0 Å². The van der Waals surface area contributed by atoms with Gasteiger partial charge in [-0.1, -0.05) is 23.2 Å². The summed E-state index contributed by atoms with van der Waals surface area (Å²) < 4.78 is 41.2. The van der Waals surface area contributed by atoms with Gasteiger partial charge in [0.1, 0.15) is 0 Å². The van der Waals surface area contributed by atoms with Gasteiger partial charge in [-0.05, 0) is 19.2 Å². The van der Waals surface area contributed by atoms with E-state index in [1.807, 2.05) is 5.32 Å². The number of anilines is 1. The molecule has 10 heteroatoms. The molecule has 0 bridgehead atoms. The van der Waals surface area contributed by atoms with Crippen LogP contribution in [0.15, 0.2) is 12.1 Å². The Hall–Kier alpha value is -1.51. The normalized spacial score (nSPS) is 21.7. The number of alkyl halides is 3. The summed E-state index contributed by atoms with van der Waals surface area (Å²) in [4.78, 5) is 15.8. The van der Waals surface area contributed by atoms with Gasteiger partial charge in [-0.25, -0.2) is 4.98 Å². The van der Waals surface area contributed by atoms with Crippen molar-refractivity contribution in [2.45, 2.75) is 11.8 Å². The molecule has 1 aliphatic rings. The van der Waals surface area contributed by atoms with Crippen molar-refractivity contribution in [2.75, 3.05) is 12.4 Å².